The Morgan fingerprint density at radius 3 is 2.61 bits per heavy atom. The van der Waals surface area contributed by atoms with Crippen LogP contribution in [0.4, 0.5) is 16.0 Å². The van der Waals surface area contributed by atoms with E-state index in [0.717, 1.165) is 4.90 Å². The van der Waals surface area contributed by atoms with Crippen LogP contribution in [0, 0.1) is 12.4 Å². The summed E-state index contributed by atoms with van der Waals surface area (Å²) in [5.41, 5.74) is -0.694. The molecule has 28 heavy (non-hydrogen) atoms. The highest BCUT2D eigenvalue weighted by atomic mass is 79.9. The van der Waals surface area contributed by atoms with Gasteiger partial charge < -0.3 is 0 Å². The number of aromatic nitrogens is 2. The van der Waals surface area contributed by atoms with Gasteiger partial charge in [0.15, 0.2) is 0 Å². The van der Waals surface area contributed by atoms with E-state index in [0.29, 0.717) is 12.8 Å². The second-order valence-corrected chi connectivity index (χ2v) is 7.34. The van der Waals surface area contributed by atoms with E-state index in [2.05, 4.69) is 36.1 Å². The molecule has 1 aromatic heterocycles. The highest BCUT2D eigenvalue weighted by Gasteiger charge is 2.60. The van der Waals surface area contributed by atoms with Gasteiger partial charge in [0, 0.05) is 23.5 Å². The molecule has 10 heteroatoms. The number of hydrogen-bond donors (Lipinski definition) is 1. The van der Waals surface area contributed by atoms with Gasteiger partial charge in [-0.1, -0.05) is 0 Å². The molecule has 1 aliphatic heterocycles. The van der Waals surface area contributed by atoms with Crippen molar-refractivity contribution < 1.29 is 18.8 Å². The summed E-state index contributed by atoms with van der Waals surface area (Å²) in [4.78, 5) is 49.6. The van der Waals surface area contributed by atoms with E-state index in [1.165, 1.54) is 24.5 Å². The first-order valence-electron chi connectivity index (χ1n) is 8.21. The van der Waals surface area contributed by atoms with Crippen LogP contribution in [-0.2, 0) is 15.0 Å². The van der Waals surface area contributed by atoms with Crippen LogP contribution in [0.5, 0.6) is 0 Å². The van der Waals surface area contributed by atoms with Crippen molar-refractivity contribution in [3.8, 4) is 0 Å². The van der Waals surface area contributed by atoms with E-state index >= 15 is 0 Å². The van der Waals surface area contributed by atoms with E-state index in [1.54, 1.807) is 0 Å². The van der Waals surface area contributed by atoms with Gasteiger partial charge >= 0.3 is 0 Å². The van der Waals surface area contributed by atoms with Crippen molar-refractivity contribution in [1.29, 1.82) is 0 Å². The second kappa shape index (κ2) is 6.45. The Morgan fingerprint density at radius 2 is 2.00 bits per heavy atom. The molecule has 1 N–H and O–H groups in total. The maximum absolute atomic E-state index is 14.6. The van der Waals surface area contributed by atoms with Crippen molar-refractivity contribution >= 4 is 45.3 Å². The van der Waals surface area contributed by atoms with Crippen LogP contribution < -0.4 is 5.32 Å². The zero-order valence-corrected chi connectivity index (χ0v) is 15.8. The SMILES string of the molecule is [C-]#[N+]c1cnc(NC(=O)CN2C(=O)c3ccc(Br)c(F)c3C3(CC3)C2=O)nc1. The molecule has 1 spiro atoms. The van der Waals surface area contributed by atoms with Gasteiger partial charge in [-0.3, -0.25) is 24.6 Å². The molecule has 2 aromatic rings. The van der Waals surface area contributed by atoms with Crippen LogP contribution in [0.3, 0.4) is 0 Å². The number of halogens is 2. The number of nitrogens with zero attached hydrogens (tertiary/aromatic N) is 4. The van der Waals surface area contributed by atoms with Crippen LogP contribution in [-0.4, -0.2) is 39.1 Å². The van der Waals surface area contributed by atoms with Gasteiger partial charge in [-0.15, -0.1) is 0 Å². The first-order chi connectivity index (χ1) is 13.4. The molecule has 140 valence electrons. The predicted molar refractivity (Wildman–Crippen MR) is 98.0 cm³/mol. The van der Waals surface area contributed by atoms with Gasteiger partial charge in [-0.25, -0.2) is 19.2 Å². The van der Waals surface area contributed by atoms with E-state index in [1.807, 2.05) is 0 Å². The maximum Gasteiger partial charge on any atom is 0.261 e. The minimum absolute atomic E-state index is 0.0502. The molecule has 1 aromatic carbocycles. The number of hydrogen-bond acceptors (Lipinski definition) is 5. The van der Waals surface area contributed by atoms with E-state index in [-0.39, 0.29) is 27.2 Å². The number of nitrogens with one attached hydrogen (secondary N) is 1. The van der Waals surface area contributed by atoms with E-state index < -0.39 is 35.5 Å². The summed E-state index contributed by atoms with van der Waals surface area (Å²) < 4.78 is 14.8. The predicted octanol–water partition coefficient (Wildman–Crippen LogP) is 2.58. The molecule has 4 rings (SSSR count). The smallest absolute Gasteiger partial charge is 0.261 e. The highest BCUT2D eigenvalue weighted by molar-refractivity contribution is 9.10. The summed E-state index contributed by atoms with van der Waals surface area (Å²) >= 11 is 3.09. The van der Waals surface area contributed by atoms with Crippen molar-refractivity contribution in [2.45, 2.75) is 18.3 Å². The summed E-state index contributed by atoms with van der Waals surface area (Å²) in [6.07, 6.45) is 3.31. The summed E-state index contributed by atoms with van der Waals surface area (Å²) in [5, 5.41) is 2.38. The Morgan fingerprint density at radius 1 is 1.32 bits per heavy atom. The molecular weight excluding hydrogens is 433 g/mol. The van der Waals surface area contributed by atoms with Gasteiger partial charge in [0.25, 0.3) is 5.91 Å². The number of fused-ring (bicyclic) bond motifs is 2. The molecule has 0 bridgehead atoms. The monoisotopic (exact) mass is 443 g/mol. The molecule has 1 aliphatic carbocycles. The maximum atomic E-state index is 14.6. The molecule has 8 nitrogen and oxygen atoms in total. The van der Waals surface area contributed by atoms with E-state index in [4.69, 9.17) is 6.57 Å². The summed E-state index contributed by atoms with van der Waals surface area (Å²) in [7, 11) is 0. The van der Waals surface area contributed by atoms with Crippen molar-refractivity contribution in [1.82, 2.24) is 14.9 Å². The summed E-state index contributed by atoms with van der Waals surface area (Å²) in [5.74, 6) is -2.64. The lowest BCUT2D eigenvalue weighted by Gasteiger charge is -2.32. The van der Waals surface area contributed by atoms with Crippen LogP contribution in [0.1, 0.15) is 28.8 Å². The fourth-order valence-electron chi connectivity index (χ4n) is 3.28. The molecule has 2 heterocycles. The molecule has 0 saturated heterocycles. The Kier molecular flexibility index (Phi) is 4.19. The van der Waals surface area contributed by atoms with Gasteiger partial charge in [-0.2, -0.15) is 0 Å². The standard InChI is InChI=1S/C18H11BrFN5O3/c1-21-9-6-22-17(23-7-9)24-12(26)8-25-15(27)10-2-3-11(19)14(20)13(10)18(4-5-18)16(25)28/h2-3,6-7H,4-5,8H2,(H,22,23,24,26). The number of carbonyl (C=O) groups is 3. The summed E-state index contributed by atoms with van der Waals surface area (Å²) in [6, 6.07) is 2.86. The second-order valence-electron chi connectivity index (χ2n) is 6.49. The fraction of sp³-hybridized carbons (Fsp3) is 0.222. The van der Waals surface area contributed by atoms with Gasteiger partial charge in [0.05, 0.1) is 16.5 Å². The van der Waals surface area contributed by atoms with Crippen molar-refractivity contribution in [2.75, 3.05) is 11.9 Å². The number of amides is 3. The highest BCUT2D eigenvalue weighted by Crippen LogP contribution is 2.54. The van der Waals surface area contributed by atoms with E-state index in [9.17, 15) is 18.8 Å². The molecule has 3 amide bonds. The number of benzene rings is 1. The molecular formula is C18H11BrFN5O3. The third-order valence-corrected chi connectivity index (χ3v) is 5.39. The quantitative estimate of drug-likeness (QED) is 0.580. The Bertz CT molecular complexity index is 1080. The summed E-state index contributed by atoms with van der Waals surface area (Å²) in [6.45, 7) is 6.31. The third-order valence-electron chi connectivity index (χ3n) is 4.77. The van der Waals surface area contributed by atoms with Crippen molar-refractivity contribution in [2.24, 2.45) is 0 Å². The third kappa shape index (κ3) is 2.75. The van der Waals surface area contributed by atoms with Crippen LogP contribution in [0.25, 0.3) is 4.85 Å². The van der Waals surface area contributed by atoms with Gasteiger partial charge in [-0.05, 0) is 40.9 Å². The van der Waals surface area contributed by atoms with Crippen LogP contribution >= 0.6 is 15.9 Å². The molecule has 1 saturated carbocycles. The average Bonchev–Trinajstić information content (AvgIpc) is 3.48. The Hall–Kier alpha value is -3.19. The average molecular weight is 444 g/mol. The number of carbonyl (C=O) groups excluding carboxylic acids is 3. The molecule has 0 atom stereocenters. The first kappa shape index (κ1) is 18.2. The number of rotatable bonds is 3. The van der Waals surface area contributed by atoms with Gasteiger partial charge in [0.1, 0.15) is 12.4 Å². The van der Waals surface area contributed by atoms with Crippen LogP contribution in [0.15, 0.2) is 29.0 Å². The van der Waals surface area contributed by atoms with Crippen molar-refractivity contribution in [3.05, 3.63) is 57.4 Å². The Balaban J connectivity index is 1.59. The molecule has 1 fully saturated rings. The zero-order valence-electron chi connectivity index (χ0n) is 14.2. The van der Waals surface area contributed by atoms with Gasteiger partial charge in [0.2, 0.25) is 23.5 Å². The van der Waals surface area contributed by atoms with Crippen LogP contribution in [0.2, 0.25) is 0 Å². The zero-order chi connectivity index (χ0) is 20.1. The molecule has 0 unspecified atom stereocenters. The minimum Gasteiger partial charge on any atom is -0.293 e. The van der Waals surface area contributed by atoms with Crippen molar-refractivity contribution in [3.63, 3.8) is 0 Å². The molecule has 0 radical (unpaired) electrons. The molecule has 2 aliphatic rings. The first-order valence-corrected chi connectivity index (χ1v) is 9.01. The largest absolute Gasteiger partial charge is 0.293 e. The number of imide groups is 1. The lowest BCUT2D eigenvalue weighted by Crippen LogP contribution is -2.51. The lowest BCUT2D eigenvalue weighted by molar-refractivity contribution is -0.135. The number of anilines is 1. The lowest BCUT2D eigenvalue weighted by atomic mass is 9.85. The normalized spacial score (nSPS) is 16.5. The Labute approximate surface area is 166 Å². The topological polar surface area (TPSA) is 96.6 Å². The fourth-order valence-corrected chi connectivity index (χ4v) is 3.61. The minimum atomic E-state index is -1.09.